The van der Waals surface area contributed by atoms with Gasteiger partial charge < -0.3 is 15.4 Å². The number of benzene rings is 2. The monoisotopic (exact) mass is 518 g/mol. The van der Waals surface area contributed by atoms with E-state index in [1.807, 2.05) is 44.2 Å². The number of hydrogen-bond donors (Lipinski definition) is 3. The highest BCUT2D eigenvalue weighted by atomic mass is 127. The van der Waals surface area contributed by atoms with Gasteiger partial charge in [0, 0.05) is 13.6 Å². The van der Waals surface area contributed by atoms with Crippen molar-refractivity contribution in [3.05, 3.63) is 59.7 Å². The van der Waals surface area contributed by atoms with Crippen molar-refractivity contribution in [2.45, 2.75) is 31.4 Å². The maximum absolute atomic E-state index is 11.4. The molecule has 0 fully saturated rings. The Morgan fingerprint density at radius 2 is 1.89 bits per heavy atom. The van der Waals surface area contributed by atoms with Crippen LogP contribution in [0.2, 0.25) is 0 Å². The lowest BCUT2D eigenvalue weighted by Crippen LogP contribution is -2.41. The number of aryl methyl sites for hydroxylation is 1. The maximum Gasteiger partial charge on any atom is 0.238 e. The average molecular weight is 518 g/mol. The quantitative estimate of drug-likeness (QED) is 0.297. The third-order valence-electron chi connectivity index (χ3n) is 3.89. The van der Waals surface area contributed by atoms with Gasteiger partial charge in [-0.15, -0.1) is 24.0 Å². The van der Waals surface area contributed by atoms with Gasteiger partial charge in [-0.05, 0) is 43.2 Å². The van der Waals surface area contributed by atoms with Crippen molar-refractivity contribution in [3.8, 4) is 5.75 Å². The number of halogens is 1. The van der Waals surface area contributed by atoms with E-state index in [0.29, 0.717) is 19.0 Å². The summed E-state index contributed by atoms with van der Waals surface area (Å²) in [4.78, 5) is 4.25. The van der Waals surface area contributed by atoms with E-state index in [0.717, 1.165) is 16.9 Å². The van der Waals surface area contributed by atoms with Gasteiger partial charge in [-0.1, -0.05) is 30.3 Å². The van der Waals surface area contributed by atoms with Crippen molar-refractivity contribution in [2.24, 2.45) is 10.1 Å². The van der Waals surface area contributed by atoms with Gasteiger partial charge in [0.25, 0.3) is 0 Å². The zero-order chi connectivity index (χ0) is 19.9. The largest absolute Gasteiger partial charge is 0.489 e. The van der Waals surface area contributed by atoms with Crippen LogP contribution in [-0.2, 0) is 16.6 Å². The van der Waals surface area contributed by atoms with Gasteiger partial charge in [0.05, 0.1) is 11.4 Å². The minimum absolute atomic E-state index is 0. The molecule has 0 radical (unpaired) electrons. The number of nitrogens with two attached hydrogens (primary N) is 1. The highest BCUT2D eigenvalue weighted by Gasteiger charge is 2.09. The molecule has 1 unspecified atom stereocenters. The van der Waals surface area contributed by atoms with Crippen LogP contribution in [-0.4, -0.2) is 34.1 Å². The smallest absolute Gasteiger partial charge is 0.238 e. The lowest BCUT2D eigenvalue weighted by Gasteiger charge is -2.19. The molecule has 0 aliphatic heterocycles. The first-order valence-electron chi connectivity index (χ1n) is 8.58. The molecule has 28 heavy (non-hydrogen) atoms. The third kappa shape index (κ3) is 7.64. The molecule has 0 aromatic heterocycles. The second-order valence-corrected chi connectivity index (χ2v) is 7.75. The van der Waals surface area contributed by atoms with Crippen LogP contribution in [0.15, 0.2) is 58.4 Å². The molecule has 0 saturated heterocycles. The van der Waals surface area contributed by atoms with Crippen LogP contribution < -0.4 is 20.5 Å². The molecule has 2 aromatic carbocycles. The van der Waals surface area contributed by atoms with Gasteiger partial charge in [-0.3, -0.25) is 4.99 Å². The number of aliphatic imine (C=N–C) groups is 1. The zero-order valence-electron chi connectivity index (χ0n) is 16.2. The number of hydrogen-bond acceptors (Lipinski definition) is 4. The topological polar surface area (TPSA) is 106 Å². The van der Waals surface area contributed by atoms with E-state index in [1.165, 1.54) is 6.07 Å². The molecule has 0 aliphatic rings. The van der Waals surface area contributed by atoms with Crippen molar-refractivity contribution in [2.75, 3.05) is 13.6 Å². The van der Waals surface area contributed by atoms with E-state index >= 15 is 0 Å². The van der Waals surface area contributed by atoms with Crippen LogP contribution in [0.3, 0.4) is 0 Å². The van der Waals surface area contributed by atoms with Crippen LogP contribution in [0.5, 0.6) is 5.75 Å². The van der Waals surface area contributed by atoms with E-state index in [2.05, 4.69) is 15.6 Å². The Kier molecular flexibility index (Phi) is 9.70. The number of guanidine groups is 1. The van der Waals surface area contributed by atoms with E-state index in [-0.39, 0.29) is 35.0 Å². The second-order valence-electron chi connectivity index (χ2n) is 6.19. The average Bonchev–Trinajstić information content (AvgIpc) is 2.63. The third-order valence-corrected chi connectivity index (χ3v) is 4.80. The summed E-state index contributed by atoms with van der Waals surface area (Å²) in [5, 5.41) is 11.5. The second kappa shape index (κ2) is 11.2. The van der Waals surface area contributed by atoms with Crippen LogP contribution >= 0.6 is 24.0 Å². The van der Waals surface area contributed by atoms with Crippen molar-refractivity contribution < 1.29 is 13.2 Å². The summed E-state index contributed by atoms with van der Waals surface area (Å²) < 4.78 is 28.8. The van der Waals surface area contributed by atoms with E-state index in [4.69, 9.17) is 9.88 Å². The van der Waals surface area contributed by atoms with Gasteiger partial charge in [0.2, 0.25) is 10.0 Å². The highest BCUT2D eigenvalue weighted by molar-refractivity contribution is 14.0. The van der Waals surface area contributed by atoms with Crippen LogP contribution in [0.4, 0.5) is 0 Å². The first-order valence-corrected chi connectivity index (χ1v) is 10.1. The Hall–Kier alpha value is -1.85. The van der Waals surface area contributed by atoms with E-state index < -0.39 is 10.0 Å². The molecule has 2 rings (SSSR count). The van der Waals surface area contributed by atoms with Crippen molar-refractivity contribution in [3.63, 3.8) is 0 Å². The van der Waals surface area contributed by atoms with Crippen LogP contribution in [0, 0.1) is 6.92 Å². The Bertz CT molecular complexity index is 904. The standard InChI is InChI=1S/C19H26N4O3S.HI/c1-14-7-4-5-10-18(14)26-15(2)12-22-19(21-3)23-13-16-8-6-9-17(11-16)27(20,24)25;/h4-11,15H,12-13H2,1-3H3,(H2,20,24,25)(H2,21,22,23);1H. The molecule has 2 aromatic rings. The molecule has 1 atom stereocenters. The molecule has 0 aliphatic carbocycles. The number of sulfonamides is 1. The molecule has 0 amide bonds. The summed E-state index contributed by atoms with van der Waals surface area (Å²) in [5.41, 5.74) is 1.87. The number of para-hydroxylation sites is 1. The molecular weight excluding hydrogens is 491 g/mol. The number of rotatable bonds is 7. The van der Waals surface area contributed by atoms with E-state index in [1.54, 1.807) is 19.2 Å². The summed E-state index contributed by atoms with van der Waals surface area (Å²) in [6.07, 6.45) is -0.0599. The maximum atomic E-state index is 11.4. The lowest BCUT2D eigenvalue weighted by atomic mass is 10.2. The normalized spacial score (nSPS) is 12.6. The first kappa shape index (κ1) is 24.2. The van der Waals surface area contributed by atoms with Gasteiger partial charge in [0.1, 0.15) is 11.9 Å². The number of ether oxygens (including phenoxy) is 1. The van der Waals surface area contributed by atoms with Gasteiger partial charge in [-0.25, -0.2) is 13.6 Å². The number of primary sulfonamides is 1. The molecule has 7 nitrogen and oxygen atoms in total. The molecule has 9 heteroatoms. The van der Waals surface area contributed by atoms with Gasteiger partial charge >= 0.3 is 0 Å². The SMILES string of the molecule is CN=C(NCc1cccc(S(N)(=O)=O)c1)NCC(C)Oc1ccccc1C.I. The summed E-state index contributed by atoms with van der Waals surface area (Å²) in [6.45, 7) is 4.95. The first-order chi connectivity index (χ1) is 12.8. The molecule has 0 spiro atoms. The summed E-state index contributed by atoms with van der Waals surface area (Å²) in [6, 6.07) is 14.4. The zero-order valence-corrected chi connectivity index (χ0v) is 19.3. The molecule has 0 bridgehead atoms. The fourth-order valence-electron chi connectivity index (χ4n) is 2.43. The van der Waals surface area contributed by atoms with Crippen molar-refractivity contribution >= 4 is 40.0 Å². The van der Waals surface area contributed by atoms with E-state index in [9.17, 15) is 8.42 Å². The molecular formula is C19H27IN4O3S. The molecule has 0 heterocycles. The number of nitrogens with one attached hydrogen (secondary N) is 2. The Balaban J connectivity index is 0.00000392. The Morgan fingerprint density at radius 1 is 1.18 bits per heavy atom. The van der Waals surface area contributed by atoms with Crippen molar-refractivity contribution in [1.82, 2.24) is 10.6 Å². The predicted octanol–water partition coefficient (Wildman–Crippen LogP) is 2.39. The van der Waals surface area contributed by atoms with Gasteiger partial charge in [-0.2, -0.15) is 0 Å². The number of nitrogens with zero attached hydrogens (tertiary/aromatic N) is 1. The minimum atomic E-state index is -3.71. The lowest BCUT2D eigenvalue weighted by molar-refractivity contribution is 0.222. The van der Waals surface area contributed by atoms with Gasteiger partial charge in [0.15, 0.2) is 5.96 Å². The van der Waals surface area contributed by atoms with Crippen LogP contribution in [0.1, 0.15) is 18.1 Å². The Morgan fingerprint density at radius 3 is 2.54 bits per heavy atom. The fourth-order valence-corrected chi connectivity index (χ4v) is 3.01. The summed E-state index contributed by atoms with van der Waals surface area (Å²) in [7, 11) is -2.04. The Labute approximate surface area is 183 Å². The summed E-state index contributed by atoms with van der Waals surface area (Å²) in [5.74, 6) is 1.45. The minimum Gasteiger partial charge on any atom is -0.489 e. The predicted molar refractivity (Wildman–Crippen MR) is 123 cm³/mol. The summed E-state index contributed by atoms with van der Waals surface area (Å²) >= 11 is 0. The fraction of sp³-hybridized carbons (Fsp3) is 0.316. The molecule has 4 N–H and O–H groups in total. The highest BCUT2D eigenvalue weighted by Crippen LogP contribution is 2.17. The molecule has 0 saturated carbocycles. The van der Waals surface area contributed by atoms with Crippen molar-refractivity contribution in [1.29, 1.82) is 0 Å². The van der Waals surface area contributed by atoms with Crippen LogP contribution in [0.25, 0.3) is 0 Å². The molecule has 154 valence electrons.